The molecule has 0 N–H and O–H groups in total. The molecule has 7 aromatic rings. The van der Waals surface area contributed by atoms with Crippen LogP contribution >= 0.6 is 23.2 Å². The number of hydrogen-bond donors (Lipinski definition) is 0. The molecule has 6 aromatic carbocycles. The lowest BCUT2D eigenvalue weighted by atomic mass is 10.1. The van der Waals surface area contributed by atoms with Crippen molar-refractivity contribution in [3.63, 3.8) is 0 Å². The zero-order valence-electron chi connectivity index (χ0n) is 22.9. The van der Waals surface area contributed by atoms with Crippen LogP contribution in [0, 0.1) is 0 Å². The van der Waals surface area contributed by atoms with Crippen molar-refractivity contribution in [3.8, 4) is 11.5 Å². The maximum Gasteiger partial charge on any atom is 0.227 e. The van der Waals surface area contributed by atoms with E-state index >= 15 is 0 Å². The third-order valence-corrected chi connectivity index (χ3v) is 7.71. The smallest absolute Gasteiger partial charge is 0.227 e. The number of para-hydroxylation sites is 2. The summed E-state index contributed by atoms with van der Waals surface area (Å²) in [7, 11) is 0. The van der Waals surface area contributed by atoms with E-state index in [0.717, 1.165) is 45.2 Å². The molecule has 0 saturated heterocycles. The Morgan fingerprint density at radius 1 is 0.442 bits per heavy atom. The van der Waals surface area contributed by atoms with E-state index in [-0.39, 0.29) is 0 Å². The fourth-order valence-electron chi connectivity index (χ4n) is 5.16. The molecule has 0 saturated carbocycles. The lowest BCUT2D eigenvalue weighted by Gasteiger charge is -2.25. The molecule has 4 nitrogen and oxygen atoms in total. The molecule has 0 aliphatic carbocycles. The van der Waals surface area contributed by atoms with Crippen LogP contribution in [0.2, 0.25) is 10.0 Å². The molecule has 0 spiro atoms. The predicted molar refractivity (Wildman–Crippen MR) is 179 cm³/mol. The van der Waals surface area contributed by atoms with Crippen LogP contribution in [0.15, 0.2) is 156 Å². The molecular formula is C37H25Cl2N3O. The second-order valence-electron chi connectivity index (χ2n) is 10.0. The number of aromatic nitrogens is 1. The van der Waals surface area contributed by atoms with E-state index < -0.39 is 0 Å². The van der Waals surface area contributed by atoms with Crippen LogP contribution in [0.5, 0.6) is 0 Å². The van der Waals surface area contributed by atoms with Gasteiger partial charge in [-0.3, -0.25) is 0 Å². The Bertz CT molecular complexity index is 1970. The molecule has 208 valence electrons. The van der Waals surface area contributed by atoms with Gasteiger partial charge in [-0.25, -0.2) is 4.98 Å². The van der Waals surface area contributed by atoms with E-state index in [1.807, 2.05) is 109 Å². The van der Waals surface area contributed by atoms with Crippen LogP contribution in [0.25, 0.3) is 22.6 Å². The molecule has 7 rings (SSSR count). The molecule has 1 aromatic heterocycles. The van der Waals surface area contributed by atoms with Crippen LogP contribution in [-0.4, -0.2) is 4.98 Å². The van der Waals surface area contributed by atoms with Crippen LogP contribution in [0.3, 0.4) is 0 Å². The van der Waals surface area contributed by atoms with Crippen LogP contribution in [0.4, 0.5) is 34.1 Å². The molecule has 0 atom stereocenters. The van der Waals surface area contributed by atoms with Gasteiger partial charge in [-0.05, 0) is 109 Å². The van der Waals surface area contributed by atoms with Gasteiger partial charge in [0.2, 0.25) is 5.89 Å². The first kappa shape index (κ1) is 26.8. The topological polar surface area (TPSA) is 32.5 Å². The van der Waals surface area contributed by atoms with Crippen molar-refractivity contribution in [2.24, 2.45) is 0 Å². The zero-order chi connectivity index (χ0) is 29.2. The summed E-state index contributed by atoms with van der Waals surface area (Å²) in [5.41, 5.74) is 8.45. The summed E-state index contributed by atoms with van der Waals surface area (Å²) in [4.78, 5) is 9.17. The molecular weight excluding hydrogens is 573 g/mol. The molecule has 0 bridgehead atoms. The van der Waals surface area contributed by atoms with Gasteiger partial charge in [0.05, 0.1) is 0 Å². The first-order valence-electron chi connectivity index (χ1n) is 13.8. The SMILES string of the molecule is Clc1ccc(N(c2ccccc2)c2ccc(-c3nc4ccc(N(c5ccccc5)c5ccc(Cl)cc5)cc4o3)cc2)cc1. The average Bonchev–Trinajstić information content (AvgIpc) is 3.48. The number of oxazole rings is 1. The van der Waals surface area contributed by atoms with Gasteiger partial charge < -0.3 is 14.2 Å². The highest BCUT2D eigenvalue weighted by Gasteiger charge is 2.17. The molecule has 0 aliphatic heterocycles. The first-order valence-corrected chi connectivity index (χ1v) is 14.6. The highest BCUT2D eigenvalue weighted by molar-refractivity contribution is 6.31. The minimum Gasteiger partial charge on any atom is -0.436 e. The zero-order valence-corrected chi connectivity index (χ0v) is 24.5. The predicted octanol–water partition coefficient (Wildman–Crippen LogP) is 11.7. The summed E-state index contributed by atoms with van der Waals surface area (Å²) < 4.78 is 6.33. The van der Waals surface area contributed by atoms with E-state index in [1.165, 1.54) is 0 Å². The number of rotatable bonds is 7. The molecule has 0 unspecified atom stereocenters. The Morgan fingerprint density at radius 3 is 1.37 bits per heavy atom. The van der Waals surface area contributed by atoms with Crippen molar-refractivity contribution >= 4 is 68.4 Å². The third-order valence-electron chi connectivity index (χ3n) is 7.20. The molecule has 0 fully saturated rings. The summed E-state index contributed by atoms with van der Waals surface area (Å²) in [6.07, 6.45) is 0. The Hall–Kier alpha value is -5.03. The largest absolute Gasteiger partial charge is 0.436 e. The van der Waals surface area contributed by atoms with E-state index in [4.69, 9.17) is 32.6 Å². The normalized spacial score (nSPS) is 11.0. The Labute approximate surface area is 260 Å². The third kappa shape index (κ3) is 5.59. The van der Waals surface area contributed by atoms with Crippen LogP contribution < -0.4 is 9.80 Å². The Kier molecular flexibility index (Phi) is 7.30. The lowest BCUT2D eigenvalue weighted by molar-refractivity contribution is 0.620. The van der Waals surface area contributed by atoms with Crippen molar-refractivity contribution in [1.29, 1.82) is 0 Å². The fraction of sp³-hybridized carbons (Fsp3) is 0. The van der Waals surface area contributed by atoms with Crippen molar-refractivity contribution in [2.75, 3.05) is 9.80 Å². The molecule has 0 amide bonds. The maximum atomic E-state index is 6.33. The molecule has 43 heavy (non-hydrogen) atoms. The highest BCUT2D eigenvalue weighted by atomic mass is 35.5. The Balaban J connectivity index is 1.23. The quantitative estimate of drug-likeness (QED) is 0.183. The summed E-state index contributed by atoms with van der Waals surface area (Å²) in [5.74, 6) is 0.564. The summed E-state index contributed by atoms with van der Waals surface area (Å²) in [6, 6.07) is 50.4. The van der Waals surface area contributed by atoms with Gasteiger partial charge >= 0.3 is 0 Å². The lowest BCUT2D eigenvalue weighted by Crippen LogP contribution is -2.09. The van der Waals surface area contributed by atoms with Gasteiger partial charge in [-0.1, -0.05) is 59.6 Å². The Morgan fingerprint density at radius 2 is 0.860 bits per heavy atom. The number of benzene rings is 6. The summed E-state index contributed by atoms with van der Waals surface area (Å²) in [6.45, 7) is 0. The van der Waals surface area contributed by atoms with Gasteiger partial charge in [0.1, 0.15) is 5.52 Å². The van der Waals surface area contributed by atoms with E-state index in [2.05, 4.69) is 52.3 Å². The summed E-state index contributed by atoms with van der Waals surface area (Å²) >= 11 is 12.4. The maximum absolute atomic E-state index is 6.33. The molecule has 6 heteroatoms. The van der Waals surface area contributed by atoms with Gasteiger partial charge in [-0.2, -0.15) is 0 Å². The number of anilines is 6. The first-order chi connectivity index (χ1) is 21.1. The van der Waals surface area contributed by atoms with Gasteiger partial charge in [0.15, 0.2) is 5.58 Å². The van der Waals surface area contributed by atoms with Crippen LogP contribution in [0.1, 0.15) is 0 Å². The molecule has 0 aliphatic rings. The van der Waals surface area contributed by atoms with Crippen molar-refractivity contribution < 1.29 is 4.42 Å². The molecule has 0 radical (unpaired) electrons. The standard InChI is InChI=1S/C37H25Cl2N3O/c38-27-13-19-32(20-14-27)41(29-7-3-1-4-8-29)31-17-11-26(12-18-31)37-40-35-24-23-34(25-36(35)43-37)42(30-9-5-2-6-10-30)33-21-15-28(39)16-22-33/h1-25H. The minimum atomic E-state index is 0.564. The van der Waals surface area contributed by atoms with Crippen molar-refractivity contribution in [1.82, 2.24) is 4.98 Å². The number of fused-ring (bicyclic) bond motifs is 1. The van der Waals surface area contributed by atoms with E-state index in [1.54, 1.807) is 0 Å². The van der Waals surface area contributed by atoms with Gasteiger partial charge in [0, 0.05) is 55.8 Å². The second kappa shape index (κ2) is 11.7. The van der Waals surface area contributed by atoms with E-state index in [9.17, 15) is 0 Å². The van der Waals surface area contributed by atoms with Crippen LogP contribution in [-0.2, 0) is 0 Å². The second-order valence-corrected chi connectivity index (χ2v) is 10.9. The minimum absolute atomic E-state index is 0.564. The van der Waals surface area contributed by atoms with Crippen molar-refractivity contribution in [3.05, 3.63) is 162 Å². The van der Waals surface area contributed by atoms with Gasteiger partial charge in [0.25, 0.3) is 0 Å². The summed E-state index contributed by atoms with van der Waals surface area (Å²) in [5, 5.41) is 1.39. The number of nitrogens with zero attached hydrogens (tertiary/aromatic N) is 3. The number of halogens is 2. The van der Waals surface area contributed by atoms with Crippen molar-refractivity contribution in [2.45, 2.75) is 0 Å². The highest BCUT2D eigenvalue weighted by Crippen LogP contribution is 2.39. The molecule has 1 heterocycles. The van der Waals surface area contributed by atoms with E-state index in [0.29, 0.717) is 21.5 Å². The average molecular weight is 599 g/mol. The number of hydrogen-bond acceptors (Lipinski definition) is 4. The fourth-order valence-corrected chi connectivity index (χ4v) is 5.41. The van der Waals surface area contributed by atoms with Gasteiger partial charge in [-0.15, -0.1) is 0 Å². The monoisotopic (exact) mass is 597 g/mol.